The first-order valence-corrected chi connectivity index (χ1v) is 7.65. The van der Waals surface area contributed by atoms with Gasteiger partial charge in [-0.25, -0.2) is 4.79 Å². The fourth-order valence-corrected chi connectivity index (χ4v) is 2.66. The summed E-state index contributed by atoms with van der Waals surface area (Å²) in [5.74, 6) is -0.524. The number of benzene rings is 1. The van der Waals surface area contributed by atoms with Crippen LogP contribution in [0.5, 0.6) is 0 Å². The van der Waals surface area contributed by atoms with Gasteiger partial charge in [-0.05, 0) is 58.4 Å². The number of ether oxygens (including phenoxy) is 1. The van der Waals surface area contributed by atoms with Gasteiger partial charge < -0.3 is 9.64 Å². The Morgan fingerprint density at radius 2 is 1.86 bits per heavy atom. The molecule has 0 unspecified atom stereocenters. The number of nitrogens with zero attached hydrogens (tertiary/aromatic N) is 1. The van der Waals surface area contributed by atoms with Crippen molar-refractivity contribution in [1.29, 1.82) is 0 Å². The van der Waals surface area contributed by atoms with E-state index in [0.717, 1.165) is 10.0 Å². The summed E-state index contributed by atoms with van der Waals surface area (Å²) in [4.78, 5) is 26.5. The highest BCUT2D eigenvalue weighted by Crippen LogP contribution is 2.32. The second kappa shape index (κ2) is 5.13. The molecule has 2 rings (SSSR count). The van der Waals surface area contributed by atoms with Crippen LogP contribution in [-0.2, 0) is 16.1 Å². The predicted molar refractivity (Wildman–Crippen MR) is 83.9 cm³/mol. The Balaban J connectivity index is 2.27. The number of fused-ring (bicyclic) bond motifs is 1. The van der Waals surface area contributed by atoms with Crippen LogP contribution in [0.15, 0.2) is 22.7 Å². The SMILES string of the molecule is CC(C)(C)OC(=O)C(C)(C)N1Cc2cc(Br)ccc2C1=O. The maximum atomic E-state index is 12.5. The highest BCUT2D eigenvalue weighted by atomic mass is 79.9. The lowest BCUT2D eigenvalue weighted by molar-refractivity contribution is -0.166. The van der Waals surface area contributed by atoms with Crippen LogP contribution in [0.1, 0.15) is 50.5 Å². The lowest BCUT2D eigenvalue weighted by atomic mass is 10.0. The number of esters is 1. The first-order valence-electron chi connectivity index (χ1n) is 6.86. The molecule has 1 aromatic rings. The number of carbonyl (C=O) groups excluding carboxylic acids is 2. The Labute approximate surface area is 133 Å². The predicted octanol–water partition coefficient (Wildman–Crippen LogP) is 3.53. The molecule has 1 aliphatic heterocycles. The molecule has 0 fully saturated rings. The molecule has 0 spiro atoms. The molecule has 0 radical (unpaired) electrons. The van der Waals surface area contributed by atoms with Crippen LogP contribution < -0.4 is 0 Å². The summed E-state index contributed by atoms with van der Waals surface area (Å²) in [6, 6.07) is 5.53. The smallest absolute Gasteiger partial charge is 0.332 e. The molecule has 1 aromatic carbocycles. The van der Waals surface area contributed by atoms with Crippen molar-refractivity contribution in [1.82, 2.24) is 4.90 Å². The third kappa shape index (κ3) is 3.12. The second-order valence-corrected chi connectivity index (χ2v) is 7.67. The molecule has 0 saturated heterocycles. The van der Waals surface area contributed by atoms with Gasteiger partial charge in [0, 0.05) is 16.6 Å². The highest BCUT2D eigenvalue weighted by Gasteiger charge is 2.44. The van der Waals surface area contributed by atoms with E-state index in [1.54, 1.807) is 24.8 Å². The number of carbonyl (C=O) groups is 2. The van der Waals surface area contributed by atoms with Crippen molar-refractivity contribution in [2.45, 2.75) is 52.3 Å². The van der Waals surface area contributed by atoms with Gasteiger partial charge in [0.15, 0.2) is 0 Å². The Kier molecular flexibility index (Phi) is 3.91. The van der Waals surface area contributed by atoms with Crippen molar-refractivity contribution in [3.63, 3.8) is 0 Å². The molecule has 0 bridgehead atoms. The van der Waals surface area contributed by atoms with E-state index in [2.05, 4.69) is 15.9 Å². The van der Waals surface area contributed by atoms with Crippen molar-refractivity contribution >= 4 is 27.8 Å². The fraction of sp³-hybridized carbons (Fsp3) is 0.500. The minimum absolute atomic E-state index is 0.131. The van der Waals surface area contributed by atoms with Crippen LogP contribution >= 0.6 is 15.9 Å². The Morgan fingerprint density at radius 1 is 1.24 bits per heavy atom. The third-order valence-corrected chi connectivity index (χ3v) is 3.94. The molecule has 0 N–H and O–H groups in total. The lowest BCUT2D eigenvalue weighted by Gasteiger charge is -2.35. The Bertz CT molecular complexity index is 602. The number of halogens is 1. The van der Waals surface area contributed by atoms with Gasteiger partial charge in [0.2, 0.25) is 0 Å². The number of amides is 1. The average Bonchev–Trinajstić information content (AvgIpc) is 2.64. The summed E-state index contributed by atoms with van der Waals surface area (Å²) in [6.45, 7) is 9.32. The van der Waals surface area contributed by atoms with Gasteiger partial charge in [-0.15, -0.1) is 0 Å². The van der Waals surface area contributed by atoms with Crippen molar-refractivity contribution in [2.24, 2.45) is 0 Å². The first-order chi connectivity index (χ1) is 9.52. The molecule has 0 saturated carbocycles. The van der Waals surface area contributed by atoms with Gasteiger partial charge in [0.05, 0.1) is 0 Å². The zero-order chi connectivity index (χ0) is 16.0. The first kappa shape index (κ1) is 16.0. The van der Waals surface area contributed by atoms with Crippen molar-refractivity contribution in [3.05, 3.63) is 33.8 Å². The molecule has 4 nitrogen and oxygen atoms in total. The maximum absolute atomic E-state index is 12.5. The zero-order valence-electron chi connectivity index (χ0n) is 13.0. The van der Waals surface area contributed by atoms with E-state index in [1.165, 1.54) is 0 Å². The molecule has 0 aromatic heterocycles. The van der Waals surface area contributed by atoms with Gasteiger partial charge in [-0.2, -0.15) is 0 Å². The standard InChI is InChI=1S/C16H20BrNO3/c1-15(2,3)21-14(20)16(4,5)18-9-10-8-11(17)6-7-12(10)13(18)19/h6-8H,9H2,1-5H3. The molecule has 0 atom stereocenters. The molecular weight excluding hydrogens is 334 g/mol. The molecule has 0 aliphatic carbocycles. The minimum Gasteiger partial charge on any atom is -0.458 e. The van der Waals surface area contributed by atoms with Crippen LogP contribution in [0.25, 0.3) is 0 Å². The number of hydrogen-bond acceptors (Lipinski definition) is 3. The Hall–Kier alpha value is -1.36. The Morgan fingerprint density at radius 3 is 2.43 bits per heavy atom. The number of hydrogen-bond donors (Lipinski definition) is 0. The summed E-state index contributed by atoms with van der Waals surface area (Å²) in [7, 11) is 0. The normalized spacial score (nSPS) is 15.1. The third-order valence-electron chi connectivity index (χ3n) is 3.44. The van der Waals surface area contributed by atoms with Gasteiger partial charge in [-0.1, -0.05) is 15.9 Å². The second-order valence-electron chi connectivity index (χ2n) is 6.75. The summed E-state index contributed by atoms with van der Waals surface area (Å²) >= 11 is 3.40. The van der Waals surface area contributed by atoms with E-state index in [0.29, 0.717) is 12.1 Å². The topological polar surface area (TPSA) is 46.6 Å². The minimum atomic E-state index is -1.00. The van der Waals surface area contributed by atoms with Gasteiger partial charge in [0.25, 0.3) is 5.91 Å². The van der Waals surface area contributed by atoms with Crippen LogP contribution in [0.4, 0.5) is 0 Å². The molecule has 1 heterocycles. The molecule has 114 valence electrons. The van der Waals surface area contributed by atoms with Gasteiger partial charge in [0.1, 0.15) is 11.1 Å². The summed E-state index contributed by atoms with van der Waals surface area (Å²) in [6.07, 6.45) is 0. The van der Waals surface area contributed by atoms with Crippen molar-refractivity contribution < 1.29 is 14.3 Å². The molecule has 1 amide bonds. The van der Waals surface area contributed by atoms with E-state index in [-0.39, 0.29) is 5.91 Å². The maximum Gasteiger partial charge on any atom is 0.332 e. The summed E-state index contributed by atoms with van der Waals surface area (Å²) < 4.78 is 6.37. The van der Waals surface area contributed by atoms with Crippen LogP contribution in [-0.4, -0.2) is 27.9 Å². The van der Waals surface area contributed by atoms with E-state index in [9.17, 15) is 9.59 Å². The molecule has 21 heavy (non-hydrogen) atoms. The summed E-state index contributed by atoms with van der Waals surface area (Å²) in [5.41, 5.74) is -0.0103. The van der Waals surface area contributed by atoms with Crippen molar-refractivity contribution in [2.75, 3.05) is 0 Å². The van der Waals surface area contributed by atoms with Crippen LogP contribution in [0.3, 0.4) is 0 Å². The molecular formula is C16H20BrNO3. The van der Waals surface area contributed by atoms with E-state index in [4.69, 9.17) is 4.74 Å². The monoisotopic (exact) mass is 353 g/mol. The van der Waals surface area contributed by atoms with Crippen molar-refractivity contribution in [3.8, 4) is 0 Å². The largest absolute Gasteiger partial charge is 0.458 e. The van der Waals surface area contributed by atoms with E-state index < -0.39 is 17.1 Å². The molecule has 1 aliphatic rings. The fourth-order valence-electron chi connectivity index (χ4n) is 2.25. The summed E-state index contributed by atoms with van der Waals surface area (Å²) in [5, 5.41) is 0. The quantitative estimate of drug-likeness (QED) is 0.764. The van der Waals surface area contributed by atoms with Crippen LogP contribution in [0, 0.1) is 0 Å². The zero-order valence-corrected chi connectivity index (χ0v) is 14.6. The van der Waals surface area contributed by atoms with E-state index >= 15 is 0 Å². The van der Waals surface area contributed by atoms with E-state index in [1.807, 2.05) is 32.9 Å². The van der Waals surface area contributed by atoms with Crippen LogP contribution in [0.2, 0.25) is 0 Å². The highest BCUT2D eigenvalue weighted by molar-refractivity contribution is 9.10. The number of rotatable bonds is 2. The molecule has 5 heteroatoms. The van der Waals surface area contributed by atoms with Gasteiger partial charge >= 0.3 is 5.97 Å². The average molecular weight is 354 g/mol. The van der Waals surface area contributed by atoms with Gasteiger partial charge in [-0.3, -0.25) is 4.79 Å². The lowest BCUT2D eigenvalue weighted by Crippen LogP contribution is -2.52.